The van der Waals surface area contributed by atoms with Gasteiger partial charge in [-0.25, -0.2) is 0 Å². The maximum atomic E-state index is 12.2. The molecule has 0 radical (unpaired) electrons. The van der Waals surface area contributed by atoms with Gasteiger partial charge in [0.2, 0.25) is 0 Å². The van der Waals surface area contributed by atoms with Crippen LogP contribution in [0.15, 0.2) is 34.9 Å². The number of hydrogen-bond donors (Lipinski definition) is 1. The Kier molecular flexibility index (Phi) is 1.74. The van der Waals surface area contributed by atoms with E-state index in [9.17, 15) is 9.90 Å². The lowest BCUT2D eigenvalue weighted by Gasteiger charge is -2.44. The number of carbonyl (C=O) groups excluding carboxylic acids is 1. The molecule has 0 aromatic carbocycles. The molecule has 0 aromatic rings. The minimum absolute atomic E-state index is 0.0747. The van der Waals surface area contributed by atoms with Gasteiger partial charge in [-0.15, -0.1) is 0 Å². The lowest BCUT2D eigenvalue weighted by atomic mass is 9.60. The molecule has 0 saturated heterocycles. The number of hydrogen-bond acceptors (Lipinski definition) is 2. The normalized spacial score (nSPS) is 52.2. The standard InChI is InChI=1S/C18H22O2/c1-18-9-8-14-13-5-3-12(19)10-11(13)2-4-15(14)16(18)6-7-17(18)20/h8-10,15-17,20H,2-7H2,1H3/t15-,16+,17-,18+/m1/s1/i2D2,3D2,10D. The smallest absolute Gasteiger partial charge is 0.156 e. The summed E-state index contributed by atoms with van der Waals surface area (Å²) in [6.07, 6.45) is 0.910. The van der Waals surface area contributed by atoms with E-state index >= 15 is 0 Å². The van der Waals surface area contributed by atoms with E-state index in [1.54, 1.807) is 0 Å². The topological polar surface area (TPSA) is 37.3 Å². The van der Waals surface area contributed by atoms with Crippen molar-refractivity contribution in [3.63, 3.8) is 0 Å². The third-order valence-corrected chi connectivity index (χ3v) is 5.59. The molecule has 0 bridgehead atoms. The number of fused-ring (bicyclic) bond motifs is 4. The van der Waals surface area contributed by atoms with Crippen LogP contribution in [0.5, 0.6) is 0 Å². The SMILES string of the molecule is [2H]C1=C2C(=C3C=C[C@]4(C)[C@H](O)CC[C@H]4[C@@H]3CC2([2H])[2H])CC([2H])([2H])C1=O. The number of carbonyl (C=O) groups is 1. The molecule has 4 rings (SSSR count). The molecule has 4 atom stereocenters. The van der Waals surface area contributed by atoms with E-state index < -0.39 is 30.7 Å². The quantitative estimate of drug-likeness (QED) is 0.736. The van der Waals surface area contributed by atoms with Gasteiger partial charge in [0.05, 0.1) is 7.47 Å². The molecule has 0 spiro atoms. The molecule has 2 nitrogen and oxygen atoms in total. The van der Waals surface area contributed by atoms with Crippen LogP contribution in [0.1, 0.15) is 52.2 Å². The molecule has 1 fully saturated rings. The highest BCUT2D eigenvalue weighted by atomic mass is 16.3. The van der Waals surface area contributed by atoms with Gasteiger partial charge >= 0.3 is 0 Å². The van der Waals surface area contributed by atoms with Crippen molar-refractivity contribution in [2.75, 3.05) is 0 Å². The molecule has 0 aliphatic heterocycles. The first-order valence-corrected chi connectivity index (χ1v) is 7.36. The fourth-order valence-corrected chi connectivity index (χ4v) is 4.36. The zero-order valence-corrected chi connectivity index (χ0v) is 11.6. The van der Waals surface area contributed by atoms with E-state index in [0.29, 0.717) is 12.0 Å². The van der Waals surface area contributed by atoms with Crippen molar-refractivity contribution in [3.05, 3.63) is 34.9 Å². The fourth-order valence-electron chi connectivity index (χ4n) is 4.36. The summed E-state index contributed by atoms with van der Waals surface area (Å²) in [5.74, 6) is -0.933. The second-order valence-electron chi connectivity index (χ2n) is 6.50. The number of aliphatic hydroxyl groups is 1. The Labute approximate surface area is 127 Å². The molecule has 0 amide bonds. The van der Waals surface area contributed by atoms with Gasteiger partial charge in [-0.3, -0.25) is 4.79 Å². The third-order valence-electron chi connectivity index (χ3n) is 5.59. The first-order valence-electron chi connectivity index (χ1n) is 9.86. The minimum Gasteiger partial charge on any atom is -0.392 e. The molecule has 2 heteroatoms. The average Bonchev–Trinajstić information content (AvgIpc) is 2.80. The lowest BCUT2D eigenvalue weighted by Crippen LogP contribution is -2.39. The fraction of sp³-hybridized carbons (Fsp3) is 0.611. The summed E-state index contributed by atoms with van der Waals surface area (Å²) in [4.78, 5) is 12.2. The Morgan fingerprint density at radius 1 is 1.40 bits per heavy atom. The number of rotatable bonds is 0. The van der Waals surface area contributed by atoms with Crippen molar-refractivity contribution in [2.24, 2.45) is 17.3 Å². The molecular weight excluding hydrogens is 248 g/mol. The summed E-state index contributed by atoms with van der Waals surface area (Å²) in [6, 6.07) is -0.518. The summed E-state index contributed by atoms with van der Waals surface area (Å²) in [5.41, 5.74) is 1.04. The van der Waals surface area contributed by atoms with Gasteiger partial charge in [0.1, 0.15) is 0 Å². The first kappa shape index (κ1) is 8.33. The highest BCUT2D eigenvalue weighted by Crippen LogP contribution is 2.57. The zero-order valence-electron chi connectivity index (χ0n) is 16.6. The van der Waals surface area contributed by atoms with Crippen molar-refractivity contribution in [1.82, 2.24) is 0 Å². The lowest BCUT2D eigenvalue weighted by molar-refractivity contribution is -0.114. The highest BCUT2D eigenvalue weighted by Gasteiger charge is 2.51. The number of allylic oxidation sites excluding steroid dienone is 5. The van der Waals surface area contributed by atoms with Crippen molar-refractivity contribution in [2.45, 2.75) is 51.5 Å². The summed E-state index contributed by atoms with van der Waals surface area (Å²) in [5, 5.41) is 10.4. The third kappa shape index (κ3) is 1.57. The van der Waals surface area contributed by atoms with Crippen molar-refractivity contribution >= 4 is 5.78 Å². The molecule has 4 aliphatic rings. The van der Waals surface area contributed by atoms with Crippen LogP contribution in [0, 0.1) is 17.3 Å². The molecule has 0 unspecified atom stereocenters. The molecule has 106 valence electrons. The summed E-state index contributed by atoms with van der Waals surface area (Å²) >= 11 is 0. The zero-order chi connectivity index (χ0) is 18.4. The first-order chi connectivity index (χ1) is 11.5. The average molecular weight is 275 g/mol. The van der Waals surface area contributed by atoms with Crippen molar-refractivity contribution in [1.29, 1.82) is 0 Å². The van der Waals surface area contributed by atoms with Gasteiger partial charge in [0.25, 0.3) is 0 Å². The second kappa shape index (κ2) is 4.17. The molecule has 1 N–H and O–H groups in total. The predicted octanol–water partition coefficient (Wildman–Crippen LogP) is 3.33. The Hall–Kier alpha value is -1.15. The Bertz CT molecular complexity index is 763. The number of aliphatic hydroxyl groups excluding tert-OH is 1. The summed E-state index contributed by atoms with van der Waals surface area (Å²) in [6.45, 7) is 2.01. The minimum atomic E-state index is -2.16. The van der Waals surface area contributed by atoms with Gasteiger partial charge in [0, 0.05) is 17.3 Å². The molecular formula is C18H22O2. The second-order valence-corrected chi connectivity index (χ2v) is 6.50. The predicted molar refractivity (Wildman–Crippen MR) is 78.1 cm³/mol. The van der Waals surface area contributed by atoms with Crippen LogP contribution in [0.4, 0.5) is 0 Å². The highest BCUT2D eigenvalue weighted by molar-refractivity contribution is 5.93. The van der Waals surface area contributed by atoms with Gasteiger partial charge in [-0.2, -0.15) is 0 Å². The van der Waals surface area contributed by atoms with E-state index in [4.69, 9.17) is 6.85 Å². The van der Waals surface area contributed by atoms with Gasteiger partial charge in [-0.05, 0) is 66.7 Å². The van der Waals surface area contributed by atoms with Gasteiger partial charge in [0.15, 0.2) is 5.78 Å². The van der Waals surface area contributed by atoms with E-state index in [1.807, 2.05) is 19.1 Å². The van der Waals surface area contributed by atoms with Crippen molar-refractivity contribution in [3.8, 4) is 0 Å². The van der Waals surface area contributed by atoms with Crippen LogP contribution < -0.4 is 0 Å². The van der Waals surface area contributed by atoms with Crippen LogP contribution in [0.2, 0.25) is 0 Å². The monoisotopic (exact) mass is 275 g/mol. The molecule has 4 aliphatic carbocycles. The maximum absolute atomic E-state index is 12.2. The van der Waals surface area contributed by atoms with E-state index in [1.165, 1.54) is 0 Å². The molecule has 0 aromatic heterocycles. The van der Waals surface area contributed by atoms with Crippen LogP contribution >= 0.6 is 0 Å². The largest absolute Gasteiger partial charge is 0.392 e. The molecule has 0 heterocycles. The molecule has 1 saturated carbocycles. The molecule has 20 heavy (non-hydrogen) atoms. The number of ketones is 1. The van der Waals surface area contributed by atoms with Crippen LogP contribution in [-0.4, -0.2) is 17.0 Å². The van der Waals surface area contributed by atoms with Gasteiger partial charge in [-0.1, -0.05) is 19.1 Å². The Morgan fingerprint density at radius 2 is 2.25 bits per heavy atom. The van der Waals surface area contributed by atoms with Gasteiger partial charge < -0.3 is 5.11 Å². The van der Waals surface area contributed by atoms with Crippen molar-refractivity contribution < 1.29 is 16.8 Å². The van der Waals surface area contributed by atoms with Crippen LogP contribution in [-0.2, 0) is 4.79 Å². The van der Waals surface area contributed by atoms with E-state index in [2.05, 4.69) is 0 Å². The van der Waals surface area contributed by atoms with E-state index in [-0.39, 0.29) is 35.7 Å². The summed E-state index contributed by atoms with van der Waals surface area (Å²) in [7, 11) is 0. The summed E-state index contributed by atoms with van der Waals surface area (Å²) < 4.78 is 41.0. The maximum Gasteiger partial charge on any atom is 0.156 e. The van der Waals surface area contributed by atoms with Crippen LogP contribution in [0.3, 0.4) is 0 Å². The van der Waals surface area contributed by atoms with Crippen LogP contribution in [0.25, 0.3) is 0 Å². The van der Waals surface area contributed by atoms with E-state index in [0.717, 1.165) is 12.0 Å². The Balaban J connectivity index is 1.95. The Morgan fingerprint density at radius 3 is 3.10 bits per heavy atom.